The Balaban J connectivity index is 0.00000176. The fraction of sp³-hybridized carbons (Fsp3) is 0.462. The number of esters is 1. The minimum absolute atomic E-state index is 0.116. The predicted molar refractivity (Wildman–Crippen MR) is 128 cm³/mol. The Morgan fingerprint density at radius 1 is 1.09 bits per heavy atom. The summed E-state index contributed by atoms with van der Waals surface area (Å²) in [6.07, 6.45) is 4.50. The van der Waals surface area contributed by atoms with E-state index in [1.807, 2.05) is 44.2 Å². The van der Waals surface area contributed by atoms with Crippen LogP contribution in [0.5, 0.6) is 5.75 Å². The molecule has 1 aliphatic carbocycles. The molecule has 3 N–H and O–H groups in total. The molecule has 0 aromatic heterocycles. The lowest BCUT2D eigenvalue weighted by Crippen LogP contribution is -2.34. The average molecular weight is 441 g/mol. The molecular formula is C26H36N2O4. The van der Waals surface area contributed by atoms with E-state index in [9.17, 15) is 9.59 Å². The van der Waals surface area contributed by atoms with E-state index in [0.717, 1.165) is 37.7 Å². The molecule has 174 valence electrons. The van der Waals surface area contributed by atoms with Gasteiger partial charge >= 0.3 is 5.97 Å². The monoisotopic (exact) mass is 440 g/mol. The first-order valence-electron chi connectivity index (χ1n) is 11.6. The first-order chi connectivity index (χ1) is 15.6. The summed E-state index contributed by atoms with van der Waals surface area (Å²) in [5.74, 6) is -0.256. The highest BCUT2D eigenvalue weighted by molar-refractivity contribution is 5.96. The molecule has 2 aromatic carbocycles. The third-order valence-electron chi connectivity index (χ3n) is 5.30. The van der Waals surface area contributed by atoms with Crippen LogP contribution in [0.2, 0.25) is 0 Å². The van der Waals surface area contributed by atoms with Gasteiger partial charge in [0, 0.05) is 17.8 Å². The molecule has 1 fully saturated rings. The lowest BCUT2D eigenvalue weighted by molar-refractivity contribution is -0.120. The topological polar surface area (TPSA) is 90.6 Å². The zero-order chi connectivity index (χ0) is 23.3. The number of carbonyl (C=O) groups is 2. The van der Waals surface area contributed by atoms with E-state index >= 15 is 0 Å². The van der Waals surface area contributed by atoms with Gasteiger partial charge in [0.05, 0.1) is 18.1 Å². The van der Waals surface area contributed by atoms with Gasteiger partial charge in [0.25, 0.3) is 0 Å². The Morgan fingerprint density at radius 3 is 2.50 bits per heavy atom. The van der Waals surface area contributed by atoms with Crippen LogP contribution in [-0.2, 0) is 16.1 Å². The zero-order valence-corrected chi connectivity index (χ0v) is 19.4. The van der Waals surface area contributed by atoms with Gasteiger partial charge in [0.2, 0.25) is 5.91 Å². The standard InChI is InChI=1S/C24H30N2O4.C2H6/c1-2-3-12-29-20-14-18(24(28)30-16-17-8-5-4-6-9-17)13-19(15-20)26-23(27)21-10-7-11-22(21)25;1-2/h4-6,8-9,13-15,21-22H,2-3,7,10-12,16,25H2,1H3,(H,26,27);1-2H3. The van der Waals surface area contributed by atoms with Crippen molar-refractivity contribution in [1.82, 2.24) is 0 Å². The van der Waals surface area contributed by atoms with Crippen molar-refractivity contribution >= 4 is 17.6 Å². The van der Waals surface area contributed by atoms with E-state index in [4.69, 9.17) is 15.2 Å². The average Bonchev–Trinajstić information content (AvgIpc) is 3.25. The molecule has 1 amide bonds. The number of ether oxygens (including phenoxy) is 2. The normalized spacial score (nSPS) is 17.1. The first kappa shape index (κ1) is 25.4. The van der Waals surface area contributed by atoms with E-state index in [2.05, 4.69) is 12.2 Å². The number of hydrogen-bond acceptors (Lipinski definition) is 5. The third-order valence-corrected chi connectivity index (χ3v) is 5.30. The van der Waals surface area contributed by atoms with Crippen LogP contribution in [0, 0.1) is 5.92 Å². The molecular weight excluding hydrogens is 404 g/mol. The lowest BCUT2D eigenvalue weighted by atomic mass is 10.0. The second kappa shape index (κ2) is 13.5. The predicted octanol–water partition coefficient (Wildman–Crippen LogP) is 5.31. The number of nitrogens with one attached hydrogen (secondary N) is 1. The highest BCUT2D eigenvalue weighted by Gasteiger charge is 2.30. The van der Waals surface area contributed by atoms with Crippen LogP contribution in [0.1, 0.15) is 68.8 Å². The highest BCUT2D eigenvalue weighted by atomic mass is 16.5. The van der Waals surface area contributed by atoms with Gasteiger partial charge in [-0.15, -0.1) is 0 Å². The molecule has 32 heavy (non-hydrogen) atoms. The van der Waals surface area contributed by atoms with Crippen molar-refractivity contribution in [2.45, 2.75) is 65.5 Å². The van der Waals surface area contributed by atoms with Crippen molar-refractivity contribution in [2.75, 3.05) is 11.9 Å². The van der Waals surface area contributed by atoms with Crippen LogP contribution < -0.4 is 15.8 Å². The SMILES string of the molecule is CC.CCCCOc1cc(NC(=O)C2CCCC2N)cc(C(=O)OCc2ccccc2)c1. The quantitative estimate of drug-likeness (QED) is 0.407. The Morgan fingerprint density at radius 2 is 1.84 bits per heavy atom. The van der Waals surface area contributed by atoms with Crippen molar-refractivity contribution in [3.8, 4) is 5.75 Å². The minimum atomic E-state index is -0.465. The highest BCUT2D eigenvalue weighted by Crippen LogP contribution is 2.27. The Labute approximate surface area is 191 Å². The smallest absolute Gasteiger partial charge is 0.338 e. The molecule has 3 rings (SSSR count). The molecule has 6 heteroatoms. The van der Waals surface area contributed by atoms with Crippen molar-refractivity contribution in [1.29, 1.82) is 0 Å². The minimum Gasteiger partial charge on any atom is -0.493 e. The molecule has 0 aliphatic heterocycles. The third kappa shape index (κ3) is 7.68. The van der Waals surface area contributed by atoms with Gasteiger partial charge in [0.1, 0.15) is 12.4 Å². The molecule has 0 saturated heterocycles. The number of hydrogen-bond donors (Lipinski definition) is 2. The molecule has 2 unspecified atom stereocenters. The summed E-state index contributed by atoms with van der Waals surface area (Å²) >= 11 is 0. The molecule has 0 radical (unpaired) electrons. The Hall–Kier alpha value is -2.86. The number of anilines is 1. The van der Waals surface area contributed by atoms with E-state index < -0.39 is 5.97 Å². The maximum absolute atomic E-state index is 12.6. The van der Waals surface area contributed by atoms with Crippen LogP contribution in [-0.4, -0.2) is 24.5 Å². The molecule has 2 atom stereocenters. The van der Waals surface area contributed by atoms with Crippen LogP contribution >= 0.6 is 0 Å². The maximum atomic E-state index is 12.6. The van der Waals surface area contributed by atoms with Crippen LogP contribution in [0.4, 0.5) is 5.69 Å². The van der Waals surface area contributed by atoms with E-state index in [0.29, 0.717) is 23.6 Å². The van der Waals surface area contributed by atoms with E-state index in [1.54, 1.807) is 18.2 Å². The van der Waals surface area contributed by atoms with Gasteiger partial charge in [-0.25, -0.2) is 4.79 Å². The van der Waals surface area contributed by atoms with Gasteiger partial charge in [-0.3, -0.25) is 4.79 Å². The molecule has 2 aromatic rings. The number of benzene rings is 2. The van der Waals surface area contributed by atoms with Crippen molar-refractivity contribution in [2.24, 2.45) is 11.7 Å². The fourth-order valence-electron chi connectivity index (χ4n) is 3.56. The largest absolute Gasteiger partial charge is 0.493 e. The maximum Gasteiger partial charge on any atom is 0.338 e. The first-order valence-corrected chi connectivity index (χ1v) is 11.6. The summed E-state index contributed by atoms with van der Waals surface area (Å²) < 4.78 is 11.2. The summed E-state index contributed by atoms with van der Waals surface area (Å²) in [4.78, 5) is 25.3. The van der Waals surface area contributed by atoms with E-state index in [-0.39, 0.29) is 24.5 Å². The zero-order valence-electron chi connectivity index (χ0n) is 19.4. The van der Waals surface area contributed by atoms with Gasteiger partial charge < -0.3 is 20.5 Å². The molecule has 6 nitrogen and oxygen atoms in total. The van der Waals surface area contributed by atoms with Crippen molar-refractivity contribution in [3.63, 3.8) is 0 Å². The Kier molecular flexibility index (Phi) is 10.7. The van der Waals surface area contributed by atoms with Crippen molar-refractivity contribution in [3.05, 3.63) is 59.7 Å². The number of carbonyl (C=O) groups excluding carboxylic acids is 2. The van der Waals surface area contributed by atoms with Gasteiger partial charge in [-0.1, -0.05) is 63.9 Å². The summed E-state index contributed by atoms with van der Waals surface area (Å²) in [7, 11) is 0. The van der Waals surface area contributed by atoms with Crippen LogP contribution in [0.15, 0.2) is 48.5 Å². The summed E-state index contributed by atoms with van der Waals surface area (Å²) in [5, 5.41) is 2.91. The van der Waals surface area contributed by atoms with Gasteiger partial charge in [-0.05, 0) is 37.0 Å². The molecule has 0 spiro atoms. The number of amides is 1. The lowest BCUT2D eigenvalue weighted by Gasteiger charge is -2.16. The van der Waals surface area contributed by atoms with E-state index in [1.165, 1.54) is 0 Å². The molecule has 1 aliphatic rings. The Bertz CT molecular complexity index is 854. The number of unbranched alkanes of at least 4 members (excludes halogenated alkanes) is 1. The second-order valence-corrected chi connectivity index (χ2v) is 7.70. The number of nitrogens with two attached hydrogens (primary N) is 1. The molecule has 0 heterocycles. The summed E-state index contributed by atoms with van der Waals surface area (Å²) in [6.45, 7) is 6.80. The van der Waals surface area contributed by atoms with Crippen LogP contribution in [0.25, 0.3) is 0 Å². The molecule has 0 bridgehead atoms. The summed E-state index contributed by atoms with van der Waals surface area (Å²) in [5.41, 5.74) is 7.82. The van der Waals surface area contributed by atoms with Gasteiger partial charge in [0.15, 0.2) is 0 Å². The molecule has 1 saturated carbocycles. The van der Waals surface area contributed by atoms with Gasteiger partial charge in [-0.2, -0.15) is 0 Å². The summed E-state index contributed by atoms with van der Waals surface area (Å²) in [6, 6.07) is 14.4. The number of rotatable bonds is 9. The second-order valence-electron chi connectivity index (χ2n) is 7.70. The van der Waals surface area contributed by atoms with Crippen LogP contribution in [0.3, 0.4) is 0 Å². The van der Waals surface area contributed by atoms with Crippen molar-refractivity contribution < 1.29 is 19.1 Å². The fourth-order valence-corrected chi connectivity index (χ4v) is 3.56.